The average Bonchev–Trinajstić information content (AvgIpc) is 2.59. The Morgan fingerprint density at radius 3 is 2.58 bits per heavy atom. The number of esters is 1. The van der Waals surface area contributed by atoms with Gasteiger partial charge in [-0.25, -0.2) is 4.79 Å². The summed E-state index contributed by atoms with van der Waals surface area (Å²) in [6, 6.07) is 0. The molecule has 12 heavy (non-hydrogen) atoms. The van der Waals surface area contributed by atoms with Crippen molar-refractivity contribution in [3.05, 3.63) is 0 Å². The summed E-state index contributed by atoms with van der Waals surface area (Å²) in [4.78, 5) is 20.7. The normalized spacial score (nSPS) is 32.7. The van der Waals surface area contributed by atoms with Gasteiger partial charge in [-0.15, -0.1) is 0 Å². The molecule has 0 spiro atoms. The highest BCUT2D eigenvalue weighted by Gasteiger charge is 2.60. The number of carbonyl (C=O) groups is 2. The third-order valence-corrected chi connectivity index (χ3v) is 1.93. The maximum absolute atomic E-state index is 10.3. The van der Waals surface area contributed by atoms with E-state index in [0.717, 1.165) is 0 Å². The Morgan fingerprint density at radius 1 is 1.67 bits per heavy atom. The minimum atomic E-state index is -1.66. The molecular weight excluding hydrogens is 164 g/mol. The smallest absolute Gasteiger partial charge is 0.336 e. The van der Waals surface area contributed by atoms with Gasteiger partial charge in [0.15, 0.2) is 5.60 Å². The zero-order valence-electron chi connectivity index (χ0n) is 6.61. The van der Waals surface area contributed by atoms with Gasteiger partial charge in [0.25, 0.3) is 0 Å². The highest BCUT2D eigenvalue weighted by atomic mass is 16.5. The molecule has 0 aliphatic heterocycles. The fourth-order valence-electron chi connectivity index (χ4n) is 0.993. The Morgan fingerprint density at radius 2 is 2.25 bits per heavy atom. The number of rotatable bonds is 3. The van der Waals surface area contributed by atoms with Crippen LogP contribution in [0.25, 0.3) is 0 Å². The van der Waals surface area contributed by atoms with E-state index in [2.05, 4.69) is 4.74 Å². The molecule has 2 unspecified atom stereocenters. The van der Waals surface area contributed by atoms with Crippen molar-refractivity contribution in [1.29, 1.82) is 0 Å². The van der Waals surface area contributed by atoms with Gasteiger partial charge in [-0.3, -0.25) is 4.79 Å². The number of ether oxygens (including phenoxy) is 1. The summed E-state index contributed by atoms with van der Waals surface area (Å²) >= 11 is 0. The summed E-state index contributed by atoms with van der Waals surface area (Å²) < 4.78 is 4.55. The Hall–Kier alpha value is -1.10. The van der Waals surface area contributed by atoms with Crippen LogP contribution in [0.4, 0.5) is 0 Å². The van der Waals surface area contributed by atoms with Crippen LogP contribution in [0.5, 0.6) is 0 Å². The van der Waals surface area contributed by atoms with E-state index >= 15 is 0 Å². The number of carboxylic acid groups (broad SMARTS) is 1. The fraction of sp³-hybridized carbons (Fsp3) is 0.714. The van der Waals surface area contributed by atoms with E-state index in [1.54, 1.807) is 0 Å². The van der Waals surface area contributed by atoms with Crippen molar-refractivity contribution in [2.45, 2.75) is 18.9 Å². The number of aliphatic hydroxyl groups is 1. The van der Waals surface area contributed by atoms with E-state index in [4.69, 9.17) is 5.11 Å². The van der Waals surface area contributed by atoms with E-state index in [0.29, 0.717) is 0 Å². The van der Waals surface area contributed by atoms with Crippen molar-refractivity contribution in [2.75, 3.05) is 6.61 Å². The lowest BCUT2D eigenvalue weighted by molar-refractivity contribution is -0.152. The Bertz CT molecular complexity index is 224. The summed E-state index contributed by atoms with van der Waals surface area (Å²) in [6.45, 7) is 1.22. The molecule has 0 aromatic rings. The van der Waals surface area contributed by atoms with Crippen LogP contribution in [0.3, 0.4) is 0 Å². The number of hydrogen-bond donors (Lipinski definition) is 2. The summed E-state index contributed by atoms with van der Waals surface area (Å²) in [5.41, 5.74) is -1.66. The molecule has 5 nitrogen and oxygen atoms in total. The molecule has 0 radical (unpaired) electrons. The quantitative estimate of drug-likeness (QED) is 0.557. The lowest BCUT2D eigenvalue weighted by Crippen LogP contribution is -2.25. The van der Waals surface area contributed by atoms with Gasteiger partial charge < -0.3 is 14.9 Å². The number of hydrogen-bond acceptors (Lipinski definition) is 4. The number of aliphatic carboxylic acids is 1. The van der Waals surface area contributed by atoms with Crippen LogP contribution in [0.1, 0.15) is 13.3 Å². The van der Waals surface area contributed by atoms with E-state index in [-0.39, 0.29) is 13.0 Å². The summed E-state index contributed by atoms with van der Waals surface area (Å²) in [7, 11) is 0. The third-order valence-electron chi connectivity index (χ3n) is 1.93. The van der Waals surface area contributed by atoms with Crippen molar-refractivity contribution >= 4 is 11.9 Å². The van der Waals surface area contributed by atoms with Gasteiger partial charge in [0.1, 0.15) is 0 Å². The molecule has 1 fully saturated rings. The average molecular weight is 174 g/mol. The Kier molecular flexibility index (Phi) is 2.06. The van der Waals surface area contributed by atoms with Crippen LogP contribution < -0.4 is 0 Å². The maximum Gasteiger partial charge on any atom is 0.336 e. The maximum atomic E-state index is 10.3. The SMILES string of the molecule is CC(=O)OCC1CC1(O)C(=O)O. The summed E-state index contributed by atoms with van der Waals surface area (Å²) in [5, 5.41) is 17.6. The fourth-order valence-corrected chi connectivity index (χ4v) is 0.993. The van der Waals surface area contributed by atoms with Crippen molar-refractivity contribution in [3.8, 4) is 0 Å². The molecule has 0 aromatic carbocycles. The van der Waals surface area contributed by atoms with Crippen LogP contribution in [-0.4, -0.2) is 34.4 Å². The monoisotopic (exact) mass is 174 g/mol. The summed E-state index contributed by atoms with van der Waals surface area (Å²) in [5.74, 6) is -2.16. The third kappa shape index (κ3) is 1.55. The molecule has 0 aromatic heterocycles. The molecule has 0 saturated heterocycles. The predicted molar refractivity (Wildman–Crippen MR) is 37.3 cm³/mol. The van der Waals surface area contributed by atoms with Crippen molar-refractivity contribution < 1.29 is 24.5 Å². The Labute approximate surface area is 68.9 Å². The minimum Gasteiger partial charge on any atom is -0.479 e. The van der Waals surface area contributed by atoms with Gasteiger partial charge in [0.2, 0.25) is 0 Å². The summed E-state index contributed by atoms with van der Waals surface area (Å²) in [6.07, 6.45) is 0.162. The topological polar surface area (TPSA) is 83.8 Å². The lowest BCUT2D eigenvalue weighted by atomic mass is 10.3. The van der Waals surface area contributed by atoms with Crippen LogP contribution in [0.2, 0.25) is 0 Å². The molecule has 0 amide bonds. The molecule has 2 atom stereocenters. The second-order valence-corrected chi connectivity index (χ2v) is 2.93. The van der Waals surface area contributed by atoms with Gasteiger partial charge in [0, 0.05) is 12.8 Å². The highest BCUT2D eigenvalue weighted by Crippen LogP contribution is 2.43. The van der Waals surface area contributed by atoms with Crippen LogP contribution >= 0.6 is 0 Å². The second-order valence-electron chi connectivity index (χ2n) is 2.93. The first-order valence-corrected chi connectivity index (χ1v) is 3.56. The van der Waals surface area contributed by atoms with Crippen LogP contribution in [0.15, 0.2) is 0 Å². The molecule has 1 saturated carbocycles. The number of carboxylic acids is 1. The van der Waals surface area contributed by atoms with E-state index < -0.39 is 23.5 Å². The largest absolute Gasteiger partial charge is 0.479 e. The van der Waals surface area contributed by atoms with Crippen molar-refractivity contribution in [2.24, 2.45) is 5.92 Å². The van der Waals surface area contributed by atoms with E-state index in [1.807, 2.05) is 0 Å². The van der Waals surface area contributed by atoms with Crippen molar-refractivity contribution in [3.63, 3.8) is 0 Å². The lowest BCUT2D eigenvalue weighted by Gasteiger charge is -2.03. The van der Waals surface area contributed by atoms with E-state index in [9.17, 15) is 14.7 Å². The predicted octanol–water partition coefficient (Wildman–Crippen LogP) is -0.615. The molecule has 2 N–H and O–H groups in total. The molecule has 1 aliphatic carbocycles. The van der Waals surface area contributed by atoms with Crippen LogP contribution in [0, 0.1) is 5.92 Å². The zero-order chi connectivity index (χ0) is 9.35. The van der Waals surface area contributed by atoms with Gasteiger partial charge in [-0.1, -0.05) is 0 Å². The minimum absolute atomic E-state index is 0.0157. The first-order valence-electron chi connectivity index (χ1n) is 3.56. The van der Waals surface area contributed by atoms with Gasteiger partial charge >= 0.3 is 11.9 Å². The first-order chi connectivity index (χ1) is 5.47. The molecule has 1 aliphatic rings. The molecular formula is C7H10O5. The standard InChI is InChI=1S/C7H10O5/c1-4(8)12-3-5-2-7(5,11)6(9)10/h5,11H,2-3H2,1H3,(H,9,10). The van der Waals surface area contributed by atoms with Gasteiger partial charge in [0.05, 0.1) is 6.61 Å². The second kappa shape index (κ2) is 2.75. The molecule has 5 heteroatoms. The Balaban J connectivity index is 2.32. The zero-order valence-corrected chi connectivity index (χ0v) is 6.61. The molecule has 0 bridgehead atoms. The molecule has 0 heterocycles. The number of carbonyl (C=O) groups excluding carboxylic acids is 1. The van der Waals surface area contributed by atoms with Gasteiger partial charge in [-0.2, -0.15) is 0 Å². The van der Waals surface area contributed by atoms with Crippen molar-refractivity contribution in [1.82, 2.24) is 0 Å². The van der Waals surface area contributed by atoms with E-state index in [1.165, 1.54) is 6.92 Å². The van der Waals surface area contributed by atoms with Gasteiger partial charge in [-0.05, 0) is 6.42 Å². The first kappa shape index (κ1) is 8.99. The van der Waals surface area contributed by atoms with Crippen LogP contribution in [-0.2, 0) is 14.3 Å². The highest BCUT2D eigenvalue weighted by molar-refractivity contribution is 5.81. The molecule has 1 rings (SSSR count). The molecule has 68 valence electrons.